The number of carbonyl (C=O) groups excluding carboxylic acids is 2. The first-order valence-electron chi connectivity index (χ1n) is 7.59. The summed E-state index contributed by atoms with van der Waals surface area (Å²) >= 11 is 0. The monoisotopic (exact) mass is 299 g/mol. The third kappa shape index (κ3) is 4.94. The average molecular weight is 299 g/mol. The van der Waals surface area contributed by atoms with Crippen molar-refractivity contribution in [3.05, 3.63) is 0 Å². The van der Waals surface area contributed by atoms with Crippen molar-refractivity contribution in [1.82, 2.24) is 20.4 Å². The molecule has 0 aromatic rings. The number of hydrogen-bond donors (Lipinski definition) is 3. The molecule has 1 saturated heterocycles. The predicted octanol–water partition coefficient (Wildman–Crippen LogP) is -0.424. The van der Waals surface area contributed by atoms with Gasteiger partial charge in [-0.05, 0) is 27.7 Å². The second-order valence-electron chi connectivity index (χ2n) is 6.06. The zero-order valence-electron chi connectivity index (χ0n) is 13.6. The van der Waals surface area contributed by atoms with Gasteiger partial charge in [0.1, 0.15) is 0 Å². The van der Waals surface area contributed by atoms with E-state index in [4.69, 9.17) is 5.73 Å². The van der Waals surface area contributed by atoms with E-state index in [2.05, 4.69) is 34.3 Å². The van der Waals surface area contributed by atoms with Gasteiger partial charge in [0.15, 0.2) is 0 Å². The number of piperazine rings is 1. The molecule has 21 heavy (non-hydrogen) atoms. The third-order valence-corrected chi connectivity index (χ3v) is 4.17. The number of nitrogens with two attached hydrogens (primary N) is 1. The minimum atomic E-state index is -0.433. The van der Waals surface area contributed by atoms with Crippen molar-refractivity contribution in [1.29, 1.82) is 0 Å². The number of urea groups is 1. The van der Waals surface area contributed by atoms with Gasteiger partial charge in [0, 0.05) is 44.8 Å². The zero-order valence-corrected chi connectivity index (χ0v) is 13.6. The van der Waals surface area contributed by atoms with Crippen molar-refractivity contribution in [2.24, 2.45) is 5.73 Å². The summed E-state index contributed by atoms with van der Waals surface area (Å²) in [6, 6.07) is -0.743. The van der Waals surface area contributed by atoms with E-state index in [0.717, 1.165) is 26.2 Å². The molecule has 1 heterocycles. The SMILES string of the molecule is CCNC(=O)NC(=O)C(C)N1CCN(C(C)(C)CN)CC1. The molecular weight excluding hydrogens is 270 g/mol. The van der Waals surface area contributed by atoms with Crippen molar-refractivity contribution in [3.63, 3.8) is 0 Å². The number of carbonyl (C=O) groups is 2. The first-order chi connectivity index (χ1) is 9.81. The summed E-state index contributed by atoms with van der Waals surface area (Å²) in [6.45, 7) is 12.4. The molecule has 7 nitrogen and oxygen atoms in total. The quantitative estimate of drug-likeness (QED) is 0.641. The van der Waals surface area contributed by atoms with Crippen molar-refractivity contribution in [2.75, 3.05) is 39.3 Å². The van der Waals surface area contributed by atoms with E-state index in [1.807, 2.05) is 13.8 Å². The number of amides is 3. The van der Waals surface area contributed by atoms with Crippen LogP contribution in [0.2, 0.25) is 0 Å². The van der Waals surface area contributed by atoms with E-state index in [1.165, 1.54) is 0 Å². The third-order valence-electron chi connectivity index (χ3n) is 4.17. The number of nitrogens with zero attached hydrogens (tertiary/aromatic N) is 2. The molecule has 1 unspecified atom stereocenters. The Hall–Kier alpha value is -1.18. The highest BCUT2D eigenvalue weighted by molar-refractivity contribution is 5.96. The van der Waals surface area contributed by atoms with E-state index >= 15 is 0 Å². The number of nitrogens with one attached hydrogen (secondary N) is 2. The largest absolute Gasteiger partial charge is 0.338 e. The molecule has 122 valence electrons. The molecule has 3 amide bonds. The minimum Gasteiger partial charge on any atom is -0.338 e. The molecule has 0 aliphatic carbocycles. The lowest BCUT2D eigenvalue weighted by Gasteiger charge is -2.44. The summed E-state index contributed by atoms with van der Waals surface area (Å²) in [7, 11) is 0. The van der Waals surface area contributed by atoms with Crippen LogP contribution in [0.5, 0.6) is 0 Å². The van der Waals surface area contributed by atoms with Crippen LogP contribution in [0.1, 0.15) is 27.7 Å². The van der Waals surface area contributed by atoms with Crippen LogP contribution in [0.15, 0.2) is 0 Å². The molecule has 0 saturated carbocycles. The van der Waals surface area contributed by atoms with Crippen LogP contribution in [-0.4, -0.2) is 72.6 Å². The second kappa shape index (κ2) is 7.72. The Kier molecular flexibility index (Phi) is 6.57. The van der Waals surface area contributed by atoms with Crippen LogP contribution in [0, 0.1) is 0 Å². The van der Waals surface area contributed by atoms with E-state index < -0.39 is 6.03 Å². The number of imide groups is 1. The average Bonchev–Trinajstić information content (AvgIpc) is 2.46. The fraction of sp³-hybridized carbons (Fsp3) is 0.857. The summed E-state index contributed by atoms with van der Waals surface area (Å²) in [6.07, 6.45) is 0. The molecule has 0 aromatic heterocycles. The maximum absolute atomic E-state index is 12.0. The van der Waals surface area contributed by atoms with Gasteiger partial charge >= 0.3 is 6.03 Å². The van der Waals surface area contributed by atoms with Crippen molar-refractivity contribution >= 4 is 11.9 Å². The van der Waals surface area contributed by atoms with Gasteiger partial charge in [-0.1, -0.05) is 0 Å². The lowest BCUT2D eigenvalue weighted by atomic mass is 10.0. The summed E-state index contributed by atoms with van der Waals surface area (Å²) in [5, 5.41) is 4.92. The van der Waals surface area contributed by atoms with Crippen molar-refractivity contribution in [2.45, 2.75) is 39.3 Å². The smallest absolute Gasteiger partial charge is 0.321 e. The van der Waals surface area contributed by atoms with Crippen LogP contribution >= 0.6 is 0 Å². The predicted molar refractivity (Wildman–Crippen MR) is 83.0 cm³/mol. The molecule has 0 bridgehead atoms. The molecule has 0 radical (unpaired) electrons. The highest BCUT2D eigenvalue weighted by atomic mass is 16.2. The van der Waals surface area contributed by atoms with E-state index in [1.54, 1.807) is 0 Å². The summed E-state index contributed by atoms with van der Waals surface area (Å²) in [5.41, 5.74) is 5.78. The first-order valence-corrected chi connectivity index (χ1v) is 7.59. The Balaban J connectivity index is 2.46. The number of rotatable bonds is 5. The maximum atomic E-state index is 12.0. The molecule has 0 spiro atoms. The van der Waals surface area contributed by atoms with Gasteiger partial charge in [0.05, 0.1) is 6.04 Å². The second-order valence-corrected chi connectivity index (χ2v) is 6.06. The topological polar surface area (TPSA) is 90.7 Å². The summed E-state index contributed by atoms with van der Waals surface area (Å²) in [5.74, 6) is -0.257. The van der Waals surface area contributed by atoms with Crippen molar-refractivity contribution < 1.29 is 9.59 Å². The Labute approximate surface area is 127 Å². The molecule has 1 aliphatic rings. The van der Waals surface area contributed by atoms with Gasteiger partial charge in [-0.3, -0.25) is 19.9 Å². The maximum Gasteiger partial charge on any atom is 0.321 e. The number of hydrogen-bond acceptors (Lipinski definition) is 5. The van der Waals surface area contributed by atoms with E-state index in [0.29, 0.717) is 13.1 Å². The Bertz CT molecular complexity index is 364. The van der Waals surface area contributed by atoms with Gasteiger partial charge in [-0.25, -0.2) is 4.79 Å². The lowest BCUT2D eigenvalue weighted by Crippen LogP contribution is -2.60. The van der Waals surface area contributed by atoms with E-state index in [9.17, 15) is 9.59 Å². The first kappa shape index (κ1) is 17.9. The van der Waals surface area contributed by atoms with Gasteiger partial charge in [0.25, 0.3) is 0 Å². The molecule has 1 rings (SSSR count). The van der Waals surface area contributed by atoms with Crippen LogP contribution < -0.4 is 16.4 Å². The fourth-order valence-electron chi connectivity index (χ4n) is 2.43. The van der Waals surface area contributed by atoms with Crippen LogP contribution in [0.25, 0.3) is 0 Å². The van der Waals surface area contributed by atoms with Gasteiger partial charge in [0.2, 0.25) is 5.91 Å². The van der Waals surface area contributed by atoms with Gasteiger partial charge < -0.3 is 11.1 Å². The van der Waals surface area contributed by atoms with Crippen LogP contribution in [0.3, 0.4) is 0 Å². The van der Waals surface area contributed by atoms with Crippen LogP contribution in [0.4, 0.5) is 4.79 Å². The Morgan fingerprint density at radius 3 is 2.29 bits per heavy atom. The Morgan fingerprint density at radius 2 is 1.81 bits per heavy atom. The minimum absolute atomic E-state index is 0.0153. The fourth-order valence-corrected chi connectivity index (χ4v) is 2.43. The van der Waals surface area contributed by atoms with Gasteiger partial charge in [-0.15, -0.1) is 0 Å². The van der Waals surface area contributed by atoms with Gasteiger partial charge in [-0.2, -0.15) is 0 Å². The summed E-state index contributed by atoms with van der Waals surface area (Å²) < 4.78 is 0. The zero-order chi connectivity index (χ0) is 16.0. The lowest BCUT2D eigenvalue weighted by molar-refractivity contribution is -0.125. The molecule has 1 aliphatic heterocycles. The molecule has 7 heteroatoms. The molecular formula is C14H29N5O2. The molecule has 1 fully saturated rings. The highest BCUT2D eigenvalue weighted by Gasteiger charge is 2.31. The normalized spacial score (nSPS) is 19.1. The molecule has 1 atom stereocenters. The van der Waals surface area contributed by atoms with E-state index in [-0.39, 0.29) is 17.5 Å². The van der Waals surface area contributed by atoms with Crippen molar-refractivity contribution in [3.8, 4) is 0 Å². The standard InChI is InChI=1S/C14H29N5O2/c1-5-16-13(21)17-12(20)11(2)18-6-8-19(9-7-18)14(3,4)10-15/h11H,5-10,15H2,1-4H3,(H2,16,17,20,21). The molecule has 0 aromatic carbocycles. The summed E-state index contributed by atoms with van der Waals surface area (Å²) in [4.78, 5) is 27.8. The molecule has 4 N–H and O–H groups in total. The van der Waals surface area contributed by atoms with Crippen LogP contribution in [-0.2, 0) is 4.79 Å². The highest BCUT2D eigenvalue weighted by Crippen LogP contribution is 2.16. The Morgan fingerprint density at radius 1 is 1.24 bits per heavy atom.